The molecule has 0 saturated heterocycles. The molecule has 2 amide bonds. The Bertz CT molecular complexity index is 1240. The fourth-order valence-corrected chi connectivity index (χ4v) is 9.85. The van der Waals surface area contributed by atoms with Gasteiger partial charge in [-0.2, -0.15) is 0 Å². The van der Waals surface area contributed by atoms with Gasteiger partial charge in [-0.25, -0.2) is 0 Å². The highest BCUT2D eigenvalue weighted by molar-refractivity contribution is 5.96. The molecule has 4 N–H and O–H groups in total. The number of aliphatic hydroxyl groups is 3. The van der Waals surface area contributed by atoms with E-state index >= 15 is 0 Å². The lowest BCUT2D eigenvalue weighted by molar-refractivity contribution is -0.145. The molecule has 5 aliphatic carbocycles. The molecule has 0 aromatic heterocycles. The van der Waals surface area contributed by atoms with E-state index in [0.717, 1.165) is 69.1 Å². The molecule has 6 aliphatic rings. The Morgan fingerprint density at radius 3 is 2.36 bits per heavy atom. The molecule has 4 fully saturated rings. The zero-order chi connectivity index (χ0) is 31.7. The second kappa shape index (κ2) is 13.6. The third kappa shape index (κ3) is 6.37. The number of ether oxygens (including phenoxy) is 2. The number of carbonyl (C=O) groups excluding carboxylic acids is 2. The molecule has 1 heterocycles. The molecule has 4 atom stereocenters. The van der Waals surface area contributed by atoms with Gasteiger partial charge < -0.3 is 35.0 Å². The minimum atomic E-state index is -1.07. The van der Waals surface area contributed by atoms with Crippen LogP contribution in [0.25, 0.3) is 0 Å². The normalized spacial score (nSPS) is 32.4. The SMILES string of the molecule is CCCCCCCC(=O)N(CC12CC3CC(CC(C3)C1)C2)[C@@H]1C=C(C(=O)NCCO)[C@@H]2c3cc(CO)cc(OC)c3O[C@@H]2[C@H]1O. The van der Waals surface area contributed by atoms with Crippen LogP contribution >= 0.6 is 0 Å². The molecular formula is C36H52N2O7. The molecule has 4 saturated carbocycles. The molecule has 0 radical (unpaired) electrons. The highest BCUT2D eigenvalue weighted by atomic mass is 16.5. The molecular weight excluding hydrogens is 572 g/mol. The number of rotatable bonds is 14. The number of fused-ring (bicyclic) bond motifs is 3. The average molecular weight is 625 g/mol. The van der Waals surface area contributed by atoms with Gasteiger partial charge in [0.25, 0.3) is 0 Å². The second-order valence-corrected chi connectivity index (χ2v) is 14.6. The number of aliphatic hydroxyl groups excluding tert-OH is 3. The lowest BCUT2D eigenvalue weighted by atomic mass is 9.49. The van der Waals surface area contributed by atoms with E-state index in [1.54, 1.807) is 18.2 Å². The van der Waals surface area contributed by atoms with E-state index in [0.29, 0.717) is 41.2 Å². The van der Waals surface area contributed by atoms with Gasteiger partial charge in [-0.05, 0) is 91.9 Å². The molecule has 1 aromatic carbocycles. The number of nitrogens with one attached hydrogen (secondary N) is 1. The first-order valence-corrected chi connectivity index (χ1v) is 17.4. The first-order valence-electron chi connectivity index (χ1n) is 17.4. The Labute approximate surface area is 267 Å². The summed E-state index contributed by atoms with van der Waals surface area (Å²) >= 11 is 0. The highest BCUT2D eigenvalue weighted by Gasteiger charge is 2.55. The molecule has 1 aliphatic heterocycles. The van der Waals surface area contributed by atoms with E-state index in [-0.39, 0.29) is 37.0 Å². The number of benzene rings is 1. The minimum absolute atomic E-state index is 0.0340. The second-order valence-electron chi connectivity index (χ2n) is 14.6. The van der Waals surface area contributed by atoms with Gasteiger partial charge in [0, 0.05) is 30.6 Å². The number of hydrogen-bond acceptors (Lipinski definition) is 7. The molecule has 4 bridgehead atoms. The van der Waals surface area contributed by atoms with Crippen molar-refractivity contribution in [2.75, 3.05) is 26.8 Å². The number of carbonyl (C=O) groups is 2. The zero-order valence-corrected chi connectivity index (χ0v) is 27.0. The van der Waals surface area contributed by atoms with Crippen LogP contribution in [0.2, 0.25) is 0 Å². The standard InChI is InChI=1S/C36H52N2O7/c1-3-4-5-6-7-8-30(41)38(21-36-17-22-11-23(18-36)13-24(12-22)19-36)28-16-27(35(43)37-9-10-39)31-26-14-25(20-40)15-29(44-2)33(26)45-34(31)32(28)42/h14-16,22-24,28,31-32,34,39-40,42H,3-13,17-21H2,1-2H3,(H,37,43)/t22?,23?,24?,28-,31+,32+,34+,36?/m1/s1. The van der Waals surface area contributed by atoms with Gasteiger partial charge >= 0.3 is 0 Å². The van der Waals surface area contributed by atoms with Gasteiger partial charge in [-0.1, -0.05) is 32.6 Å². The first-order chi connectivity index (χ1) is 21.8. The van der Waals surface area contributed by atoms with Crippen molar-refractivity contribution in [3.63, 3.8) is 0 Å². The van der Waals surface area contributed by atoms with Gasteiger partial charge in [0.15, 0.2) is 11.5 Å². The molecule has 45 heavy (non-hydrogen) atoms. The Balaban J connectivity index is 1.36. The summed E-state index contributed by atoms with van der Waals surface area (Å²) in [5.41, 5.74) is 1.74. The predicted octanol–water partition coefficient (Wildman–Crippen LogP) is 4.22. The smallest absolute Gasteiger partial charge is 0.247 e. The summed E-state index contributed by atoms with van der Waals surface area (Å²) in [6.45, 7) is 2.44. The fraction of sp³-hybridized carbons (Fsp3) is 0.722. The van der Waals surface area contributed by atoms with Crippen LogP contribution in [0.15, 0.2) is 23.8 Å². The van der Waals surface area contributed by atoms with Crippen molar-refractivity contribution in [3.8, 4) is 11.5 Å². The summed E-state index contributed by atoms with van der Waals surface area (Å²) in [5, 5.41) is 34.4. The van der Waals surface area contributed by atoms with Crippen LogP contribution in [0.5, 0.6) is 11.5 Å². The number of methoxy groups -OCH3 is 1. The van der Waals surface area contributed by atoms with Gasteiger partial charge in [0.1, 0.15) is 12.2 Å². The Morgan fingerprint density at radius 2 is 1.73 bits per heavy atom. The van der Waals surface area contributed by atoms with Crippen LogP contribution in [-0.4, -0.2) is 77.1 Å². The van der Waals surface area contributed by atoms with Crippen molar-refractivity contribution in [3.05, 3.63) is 34.9 Å². The molecule has 9 heteroatoms. The van der Waals surface area contributed by atoms with Gasteiger partial charge in [-0.15, -0.1) is 0 Å². The quantitative estimate of drug-likeness (QED) is 0.228. The lowest BCUT2D eigenvalue weighted by Gasteiger charge is -2.58. The van der Waals surface area contributed by atoms with E-state index in [1.807, 2.05) is 4.90 Å². The van der Waals surface area contributed by atoms with Crippen molar-refractivity contribution >= 4 is 11.8 Å². The van der Waals surface area contributed by atoms with E-state index in [2.05, 4.69) is 12.2 Å². The largest absolute Gasteiger partial charge is 0.493 e. The lowest BCUT2D eigenvalue weighted by Crippen LogP contribution is -2.59. The van der Waals surface area contributed by atoms with Gasteiger partial charge in [0.2, 0.25) is 11.8 Å². The average Bonchev–Trinajstić information content (AvgIpc) is 3.41. The van der Waals surface area contributed by atoms with Gasteiger partial charge in [0.05, 0.1) is 32.3 Å². The Hall–Kier alpha value is -2.62. The van der Waals surface area contributed by atoms with E-state index in [4.69, 9.17) is 9.47 Å². The minimum Gasteiger partial charge on any atom is -0.493 e. The third-order valence-electron chi connectivity index (χ3n) is 11.3. The summed E-state index contributed by atoms with van der Waals surface area (Å²) in [7, 11) is 1.53. The summed E-state index contributed by atoms with van der Waals surface area (Å²) in [6, 6.07) is 2.78. The summed E-state index contributed by atoms with van der Waals surface area (Å²) < 4.78 is 12.1. The maximum absolute atomic E-state index is 14.3. The maximum atomic E-state index is 14.3. The molecule has 248 valence electrons. The number of amides is 2. The fourth-order valence-electron chi connectivity index (χ4n) is 9.85. The maximum Gasteiger partial charge on any atom is 0.247 e. The van der Waals surface area contributed by atoms with Crippen LogP contribution in [0.4, 0.5) is 0 Å². The Kier molecular flexibility index (Phi) is 9.79. The molecule has 7 rings (SSSR count). The number of nitrogens with zero attached hydrogens (tertiary/aromatic N) is 1. The van der Waals surface area contributed by atoms with Crippen molar-refractivity contribution in [1.82, 2.24) is 10.2 Å². The summed E-state index contributed by atoms with van der Waals surface area (Å²) in [6.07, 6.45) is 12.8. The third-order valence-corrected chi connectivity index (χ3v) is 11.3. The molecule has 0 spiro atoms. The number of unbranched alkanes of at least 4 members (excludes halogenated alkanes) is 4. The van der Waals surface area contributed by atoms with Crippen LogP contribution < -0.4 is 14.8 Å². The van der Waals surface area contributed by atoms with Crippen molar-refractivity contribution in [1.29, 1.82) is 0 Å². The first kappa shape index (κ1) is 32.3. The number of hydrogen-bond donors (Lipinski definition) is 4. The van der Waals surface area contributed by atoms with Crippen LogP contribution in [-0.2, 0) is 16.2 Å². The van der Waals surface area contributed by atoms with Crippen molar-refractivity contribution in [2.45, 2.75) is 115 Å². The van der Waals surface area contributed by atoms with E-state index in [1.165, 1.54) is 26.4 Å². The predicted molar refractivity (Wildman–Crippen MR) is 170 cm³/mol. The summed E-state index contributed by atoms with van der Waals surface area (Å²) in [5.74, 6) is 2.10. The molecule has 9 nitrogen and oxygen atoms in total. The zero-order valence-electron chi connectivity index (χ0n) is 27.0. The van der Waals surface area contributed by atoms with Crippen molar-refractivity contribution in [2.24, 2.45) is 23.2 Å². The van der Waals surface area contributed by atoms with Crippen LogP contribution in [0, 0.1) is 23.2 Å². The highest BCUT2D eigenvalue weighted by Crippen LogP contribution is 2.60. The van der Waals surface area contributed by atoms with Gasteiger partial charge in [-0.3, -0.25) is 9.59 Å². The van der Waals surface area contributed by atoms with Crippen LogP contribution in [0.1, 0.15) is 101 Å². The Morgan fingerprint density at radius 1 is 1.04 bits per heavy atom. The van der Waals surface area contributed by atoms with E-state index in [9.17, 15) is 24.9 Å². The summed E-state index contributed by atoms with van der Waals surface area (Å²) in [4.78, 5) is 29.9. The topological polar surface area (TPSA) is 129 Å². The van der Waals surface area contributed by atoms with E-state index < -0.39 is 24.2 Å². The molecule has 1 aromatic rings. The van der Waals surface area contributed by atoms with Crippen LogP contribution in [0.3, 0.4) is 0 Å². The molecule has 0 unspecified atom stereocenters. The van der Waals surface area contributed by atoms with Crippen molar-refractivity contribution < 1.29 is 34.4 Å². The monoisotopic (exact) mass is 624 g/mol.